The van der Waals surface area contributed by atoms with E-state index in [0.717, 1.165) is 16.9 Å². The molecule has 0 saturated carbocycles. The van der Waals surface area contributed by atoms with Crippen molar-refractivity contribution in [2.75, 3.05) is 18.4 Å². The highest BCUT2D eigenvalue weighted by Gasteiger charge is 2.23. The number of nitrogens with one attached hydrogen (secondary N) is 1. The van der Waals surface area contributed by atoms with Crippen molar-refractivity contribution in [3.05, 3.63) is 76.4 Å². The van der Waals surface area contributed by atoms with Gasteiger partial charge in [-0.3, -0.25) is 9.59 Å². The van der Waals surface area contributed by atoms with E-state index in [2.05, 4.69) is 26.1 Å². The van der Waals surface area contributed by atoms with Gasteiger partial charge in [0.1, 0.15) is 12.4 Å². The summed E-state index contributed by atoms with van der Waals surface area (Å²) in [6, 6.07) is 16.5. The minimum Gasteiger partial charge on any atom is -0.330 e. The van der Waals surface area contributed by atoms with Gasteiger partial charge in [0, 0.05) is 28.6 Å². The minimum absolute atomic E-state index is 0.0677. The molecule has 0 fully saturated rings. The Kier molecular flexibility index (Phi) is 7.04. The third-order valence-corrected chi connectivity index (χ3v) is 5.34. The van der Waals surface area contributed by atoms with Crippen LogP contribution >= 0.6 is 11.6 Å². The zero-order valence-electron chi connectivity index (χ0n) is 19.1. The van der Waals surface area contributed by atoms with Gasteiger partial charge < -0.3 is 10.2 Å². The summed E-state index contributed by atoms with van der Waals surface area (Å²) in [5, 5.41) is 8.25. The fraction of sp³-hybridized carbons (Fsp3) is 0.320. The number of amides is 2. The van der Waals surface area contributed by atoms with E-state index in [1.165, 1.54) is 4.90 Å². The lowest BCUT2D eigenvalue weighted by Crippen LogP contribution is -2.38. The fourth-order valence-electron chi connectivity index (χ4n) is 3.25. The first kappa shape index (κ1) is 23.5. The molecular formula is C25H29ClN4O2. The van der Waals surface area contributed by atoms with Crippen LogP contribution in [0.25, 0.3) is 5.69 Å². The molecule has 1 aromatic heterocycles. The topological polar surface area (TPSA) is 67.2 Å². The number of aromatic nitrogens is 2. The second kappa shape index (κ2) is 9.57. The van der Waals surface area contributed by atoms with Crippen LogP contribution in [-0.2, 0) is 10.2 Å². The standard InChI is InChI=1S/C25H29ClN4O2/c1-6-29(24(32)18-10-12-19(26)13-11-18)16-23(31)27-22-15-21(25(3,4)5)28-30(22)20-9-7-8-17(2)14-20/h7-15H,6,16H2,1-5H3,(H,27,31). The zero-order chi connectivity index (χ0) is 23.5. The number of halogens is 1. The molecule has 1 N–H and O–H groups in total. The second-order valence-corrected chi connectivity index (χ2v) is 9.23. The Bertz CT molecular complexity index is 1110. The lowest BCUT2D eigenvalue weighted by molar-refractivity contribution is -0.116. The highest BCUT2D eigenvalue weighted by atomic mass is 35.5. The van der Waals surface area contributed by atoms with Crippen LogP contribution in [0.5, 0.6) is 0 Å². The molecule has 1 heterocycles. The number of anilines is 1. The number of aryl methyl sites for hydroxylation is 1. The maximum Gasteiger partial charge on any atom is 0.254 e. The summed E-state index contributed by atoms with van der Waals surface area (Å²) in [5.74, 6) is 0.0610. The molecule has 168 valence electrons. The lowest BCUT2D eigenvalue weighted by Gasteiger charge is -2.20. The van der Waals surface area contributed by atoms with E-state index < -0.39 is 0 Å². The Morgan fingerprint density at radius 3 is 2.38 bits per heavy atom. The van der Waals surface area contributed by atoms with E-state index in [-0.39, 0.29) is 23.8 Å². The van der Waals surface area contributed by atoms with Gasteiger partial charge >= 0.3 is 0 Å². The van der Waals surface area contributed by atoms with E-state index in [9.17, 15) is 9.59 Å². The van der Waals surface area contributed by atoms with E-state index in [0.29, 0.717) is 22.9 Å². The van der Waals surface area contributed by atoms with Gasteiger partial charge in [-0.05, 0) is 55.8 Å². The molecule has 0 aliphatic rings. The van der Waals surface area contributed by atoms with Crippen molar-refractivity contribution < 1.29 is 9.59 Å². The van der Waals surface area contributed by atoms with Crippen molar-refractivity contribution in [1.29, 1.82) is 0 Å². The zero-order valence-corrected chi connectivity index (χ0v) is 19.9. The van der Waals surface area contributed by atoms with E-state index in [4.69, 9.17) is 16.7 Å². The monoisotopic (exact) mass is 452 g/mol. The Balaban J connectivity index is 1.83. The number of likely N-dealkylation sites (N-methyl/N-ethyl adjacent to an activating group) is 1. The average molecular weight is 453 g/mol. The summed E-state index contributed by atoms with van der Waals surface area (Å²) in [7, 11) is 0. The number of carbonyl (C=O) groups excluding carboxylic acids is 2. The van der Waals surface area contributed by atoms with Gasteiger partial charge in [0.05, 0.1) is 11.4 Å². The molecule has 0 bridgehead atoms. The third-order valence-electron chi connectivity index (χ3n) is 5.09. The van der Waals surface area contributed by atoms with Gasteiger partial charge in [0.15, 0.2) is 0 Å². The van der Waals surface area contributed by atoms with Gasteiger partial charge in [0.2, 0.25) is 5.91 Å². The van der Waals surface area contributed by atoms with Crippen LogP contribution in [0.4, 0.5) is 5.82 Å². The lowest BCUT2D eigenvalue weighted by atomic mass is 9.92. The van der Waals surface area contributed by atoms with Gasteiger partial charge in [-0.15, -0.1) is 0 Å². The first-order valence-corrected chi connectivity index (χ1v) is 11.0. The maximum absolute atomic E-state index is 12.9. The first-order valence-electron chi connectivity index (χ1n) is 10.6. The number of rotatable bonds is 6. The SMILES string of the molecule is CCN(CC(=O)Nc1cc(C(C)(C)C)nn1-c1cccc(C)c1)C(=O)c1ccc(Cl)cc1. The summed E-state index contributed by atoms with van der Waals surface area (Å²) in [4.78, 5) is 27.2. The normalized spacial score (nSPS) is 11.3. The summed E-state index contributed by atoms with van der Waals surface area (Å²) in [6.07, 6.45) is 0. The van der Waals surface area contributed by atoms with Crippen molar-refractivity contribution in [2.45, 2.75) is 40.0 Å². The van der Waals surface area contributed by atoms with Crippen molar-refractivity contribution >= 4 is 29.2 Å². The molecule has 0 aliphatic carbocycles. The van der Waals surface area contributed by atoms with Crippen LogP contribution < -0.4 is 5.32 Å². The van der Waals surface area contributed by atoms with Gasteiger partial charge in [0.25, 0.3) is 5.91 Å². The van der Waals surface area contributed by atoms with Gasteiger partial charge in [-0.2, -0.15) is 5.10 Å². The predicted octanol–water partition coefficient (Wildman–Crippen LogP) is 5.23. The van der Waals surface area contributed by atoms with E-state index in [1.807, 2.05) is 44.2 Å². The minimum atomic E-state index is -0.288. The maximum atomic E-state index is 12.9. The smallest absolute Gasteiger partial charge is 0.254 e. The predicted molar refractivity (Wildman–Crippen MR) is 129 cm³/mol. The molecular weight excluding hydrogens is 424 g/mol. The molecule has 0 unspecified atom stereocenters. The van der Waals surface area contributed by atoms with E-state index in [1.54, 1.807) is 28.9 Å². The molecule has 2 aromatic carbocycles. The van der Waals surface area contributed by atoms with Crippen molar-refractivity contribution in [2.24, 2.45) is 0 Å². The largest absolute Gasteiger partial charge is 0.330 e. The molecule has 7 heteroatoms. The third kappa shape index (κ3) is 5.56. The van der Waals surface area contributed by atoms with Gasteiger partial charge in [-0.1, -0.05) is 44.5 Å². The molecule has 0 spiro atoms. The Morgan fingerprint density at radius 2 is 1.78 bits per heavy atom. The molecule has 0 atom stereocenters. The highest BCUT2D eigenvalue weighted by Crippen LogP contribution is 2.26. The highest BCUT2D eigenvalue weighted by molar-refractivity contribution is 6.30. The summed E-state index contributed by atoms with van der Waals surface area (Å²) in [5.41, 5.74) is 3.12. The van der Waals surface area contributed by atoms with Crippen LogP contribution in [0.3, 0.4) is 0 Å². The molecule has 3 rings (SSSR count). The molecule has 3 aromatic rings. The van der Waals surface area contributed by atoms with Crippen molar-refractivity contribution in [3.63, 3.8) is 0 Å². The number of hydrogen-bond acceptors (Lipinski definition) is 3. The molecule has 2 amide bonds. The Labute approximate surface area is 194 Å². The molecule has 6 nitrogen and oxygen atoms in total. The Hall–Kier alpha value is -3.12. The van der Waals surface area contributed by atoms with Crippen LogP contribution in [0, 0.1) is 6.92 Å². The number of benzene rings is 2. The molecule has 32 heavy (non-hydrogen) atoms. The molecule has 0 radical (unpaired) electrons. The van der Waals surface area contributed by atoms with Crippen LogP contribution in [-0.4, -0.2) is 39.6 Å². The number of carbonyl (C=O) groups is 2. The van der Waals surface area contributed by atoms with Gasteiger partial charge in [-0.25, -0.2) is 4.68 Å². The van der Waals surface area contributed by atoms with Crippen molar-refractivity contribution in [1.82, 2.24) is 14.7 Å². The van der Waals surface area contributed by atoms with E-state index >= 15 is 0 Å². The first-order chi connectivity index (χ1) is 15.1. The molecule has 0 saturated heterocycles. The summed E-state index contributed by atoms with van der Waals surface area (Å²) >= 11 is 5.92. The van der Waals surface area contributed by atoms with Crippen LogP contribution in [0.2, 0.25) is 5.02 Å². The fourth-order valence-corrected chi connectivity index (χ4v) is 3.38. The van der Waals surface area contributed by atoms with Crippen LogP contribution in [0.15, 0.2) is 54.6 Å². The quantitative estimate of drug-likeness (QED) is 0.556. The summed E-state index contributed by atoms with van der Waals surface area (Å²) in [6.45, 7) is 10.4. The van der Waals surface area contributed by atoms with Crippen LogP contribution in [0.1, 0.15) is 49.3 Å². The Morgan fingerprint density at radius 1 is 1.09 bits per heavy atom. The number of nitrogens with zero attached hydrogens (tertiary/aromatic N) is 3. The second-order valence-electron chi connectivity index (χ2n) is 8.79. The van der Waals surface area contributed by atoms with Crippen molar-refractivity contribution in [3.8, 4) is 5.69 Å². The molecule has 0 aliphatic heterocycles. The number of hydrogen-bond donors (Lipinski definition) is 1. The summed E-state index contributed by atoms with van der Waals surface area (Å²) < 4.78 is 1.74. The average Bonchev–Trinajstić information content (AvgIpc) is 3.16.